The number of carbonyl (C=O) groups is 1. The zero-order chi connectivity index (χ0) is 16.6. The molecule has 0 N–H and O–H groups in total. The SMILES string of the molecule is CC(C)(C(=O)OCCOc1ccccc1)N1C(C)(C)C1(C)C. The number of esters is 1. The fourth-order valence-corrected chi connectivity index (χ4v) is 3.40. The van der Waals surface area contributed by atoms with E-state index in [0.717, 1.165) is 5.75 Å². The Balaban J connectivity index is 1.82. The molecule has 4 heteroatoms. The maximum Gasteiger partial charge on any atom is 0.326 e. The second-order valence-electron chi connectivity index (χ2n) is 7.31. The summed E-state index contributed by atoms with van der Waals surface area (Å²) < 4.78 is 10.9. The van der Waals surface area contributed by atoms with Gasteiger partial charge in [0.05, 0.1) is 0 Å². The van der Waals surface area contributed by atoms with Crippen molar-refractivity contribution in [3.8, 4) is 5.75 Å². The lowest BCUT2D eigenvalue weighted by molar-refractivity contribution is -0.154. The van der Waals surface area contributed by atoms with Crippen LogP contribution in [-0.2, 0) is 9.53 Å². The minimum absolute atomic E-state index is 0.00391. The van der Waals surface area contributed by atoms with Crippen LogP contribution in [0.5, 0.6) is 5.75 Å². The first kappa shape index (κ1) is 16.8. The summed E-state index contributed by atoms with van der Waals surface area (Å²) in [5.74, 6) is 0.578. The molecule has 1 fully saturated rings. The van der Waals surface area contributed by atoms with Gasteiger partial charge in [0.15, 0.2) is 0 Å². The van der Waals surface area contributed by atoms with Crippen LogP contribution >= 0.6 is 0 Å². The minimum Gasteiger partial charge on any atom is -0.490 e. The Labute approximate surface area is 133 Å². The molecule has 0 radical (unpaired) electrons. The van der Waals surface area contributed by atoms with Gasteiger partial charge < -0.3 is 9.47 Å². The standard InChI is InChI=1S/C18H27NO3/c1-16(2,19-17(3,4)18(19,5)6)15(20)22-13-12-21-14-10-8-7-9-11-14/h7-11H,12-13H2,1-6H3. The fraction of sp³-hybridized carbons (Fsp3) is 0.611. The van der Waals surface area contributed by atoms with Crippen molar-refractivity contribution < 1.29 is 14.3 Å². The molecule has 1 saturated heterocycles. The highest BCUT2D eigenvalue weighted by atomic mass is 16.6. The van der Waals surface area contributed by atoms with E-state index >= 15 is 0 Å². The van der Waals surface area contributed by atoms with Crippen LogP contribution in [0.3, 0.4) is 0 Å². The van der Waals surface area contributed by atoms with Gasteiger partial charge in [-0.05, 0) is 53.7 Å². The average Bonchev–Trinajstić information content (AvgIpc) is 2.86. The minimum atomic E-state index is -0.639. The summed E-state index contributed by atoms with van der Waals surface area (Å²) in [6.07, 6.45) is 0. The van der Waals surface area contributed by atoms with E-state index in [4.69, 9.17) is 9.47 Å². The molecule has 0 saturated carbocycles. The van der Waals surface area contributed by atoms with E-state index in [1.807, 2.05) is 44.2 Å². The predicted molar refractivity (Wildman–Crippen MR) is 87.0 cm³/mol. The molecule has 1 aromatic rings. The maximum atomic E-state index is 12.4. The lowest BCUT2D eigenvalue weighted by atomic mass is 10.0. The van der Waals surface area contributed by atoms with Gasteiger partial charge >= 0.3 is 5.97 Å². The second kappa shape index (κ2) is 5.58. The van der Waals surface area contributed by atoms with Gasteiger partial charge in [-0.3, -0.25) is 9.69 Å². The Morgan fingerprint density at radius 2 is 1.59 bits per heavy atom. The maximum absolute atomic E-state index is 12.4. The molecule has 0 atom stereocenters. The summed E-state index contributed by atoms with van der Waals surface area (Å²) in [5.41, 5.74) is -0.647. The van der Waals surface area contributed by atoms with Crippen molar-refractivity contribution in [1.82, 2.24) is 4.90 Å². The number of nitrogens with zero attached hydrogens (tertiary/aromatic N) is 1. The molecule has 22 heavy (non-hydrogen) atoms. The molecule has 0 aliphatic carbocycles. The van der Waals surface area contributed by atoms with Crippen LogP contribution in [0.4, 0.5) is 0 Å². The summed E-state index contributed by atoms with van der Waals surface area (Å²) in [7, 11) is 0. The summed E-state index contributed by atoms with van der Waals surface area (Å²) in [5, 5.41) is 0. The van der Waals surface area contributed by atoms with Crippen molar-refractivity contribution in [3.63, 3.8) is 0 Å². The van der Waals surface area contributed by atoms with Crippen molar-refractivity contribution in [2.24, 2.45) is 0 Å². The van der Waals surface area contributed by atoms with E-state index in [1.165, 1.54) is 0 Å². The van der Waals surface area contributed by atoms with Crippen LogP contribution in [-0.4, -0.2) is 40.7 Å². The Bertz CT molecular complexity index is 521. The number of carbonyl (C=O) groups excluding carboxylic acids is 1. The normalized spacial score (nSPS) is 19.5. The summed E-state index contributed by atoms with van der Waals surface area (Å²) in [6.45, 7) is 13.1. The Morgan fingerprint density at radius 1 is 1.05 bits per heavy atom. The first-order chi connectivity index (χ1) is 10.1. The van der Waals surface area contributed by atoms with Crippen molar-refractivity contribution in [2.75, 3.05) is 13.2 Å². The first-order valence-electron chi connectivity index (χ1n) is 7.77. The molecule has 0 unspecified atom stereocenters. The molecular weight excluding hydrogens is 278 g/mol. The van der Waals surface area contributed by atoms with Crippen LogP contribution in [0.15, 0.2) is 30.3 Å². The average molecular weight is 305 g/mol. The van der Waals surface area contributed by atoms with Gasteiger partial charge in [0.1, 0.15) is 24.5 Å². The number of rotatable bonds is 6. The Hall–Kier alpha value is -1.55. The van der Waals surface area contributed by atoms with Gasteiger partial charge in [0, 0.05) is 11.1 Å². The molecule has 0 amide bonds. The zero-order valence-corrected chi connectivity index (χ0v) is 14.5. The second-order valence-corrected chi connectivity index (χ2v) is 7.31. The number of para-hydroxylation sites is 1. The summed E-state index contributed by atoms with van der Waals surface area (Å²) in [4.78, 5) is 14.6. The molecule has 0 bridgehead atoms. The molecule has 1 heterocycles. The van der Waals surface area contributed by atoms with E-state index in [1.54, 1.807) is 0 Å². The van der Waals surface area contributed by atoms with Gasteiger partial charge in [-0.15, -0.1) is 0 Å². The third-order valence-electron chi connectivity index (χ3n) is 4.95. The highest BCUT2D eigenvalue weighted by Crippen LogP contribution is 2.55. The smallest absolute Gasteiger partial charge is 0.326 e. The molecule has 1 aromatic carbocycles. The quantitative estimate of drug-likeness (QED) is 0.459. The zero-order valence-electron chi connectivity index (χ0n) is 14.5. The molecule has 1 aliphatic rings. The first-order valence-corrected chi connectivity index (χ1v) is 7.77. The summed E-state index contributed by atoms with van der Waals surface area (Å²) in [6, 6.07) is 9.52. The van der Waals surface area contributed by atoms with E-state index < -0.39 is 5.54 Å². The predicted octanol–water partition coefficient (Wildman–Crippen LogP) is 3.26. The van der Waals surface area contributed by atoms with Crippen molar-refractivity contribution in [2.45, 2.75) is 58.2 Å². The highest BCUT2D eigenvalue weighted by molar-refractivity contribution is 5.81. The number of ether oxygens (including phenoxy) is 2. The van der Waals surface area contributed by atoms with Gasteiger partial charge in [-0.1, -0.05) is 18.2 Å². The Morgan fingerprint density at radius 3 is 2.09 bits per heavy atom. The summed E-state index contributed by atoms with van der Waals surface area (Å²) >= 11 is 0. The van der Waals surface area contributed by atoms with Crippen molar-refractivity contribution >= 4 is 5.97 Å². The number of hydrogen-bond acceptors (Lipinski definition) is 4. The molecule has 4 nitrogen and oxygen atoms in total. The lowest BCUT2D eigenvalue weighted by Crippen LogP contribution is -2.45. The van der Waals surface area contributed by atoms with E-state index in [2.05, 4.69) is 32.6 Å². The van der Waals surface area contributed by atoms with Crippen LogP contribution in [0.1, 0.15) is 41.5 Å². The Kier molecular flexibility index (Phi) is 4.26. The van der Waals surface area contributed by atoms with Crippen LogP contribution in [0.25, 0.3) is 0 Å². The van der Waals surface area contributed by atoms with Crippen LogP contribution in [0, 0.1) is 0 Å². The van der Waals surface area contributed by atoms with Gasteiger partial charge in [0.2, 0.25) is 0 Å². The monoisotopic (exact) mass is 305 g/mol. The molecule has 1 aliphatic heterocycles. The third-order valence-corrected chi connectivity index (χ3v) is 4.95. The molecule has 122 valence electrons. The molecular formula is C18H27NO3. The molecule has 2 rings (SSSR count). The molecule has 0 aromatic heterocycles. The molecule has 0 spiro atoms. The van der Waals surface area contributed by atoms with Crippen molar-refractivity contribution in [3.05, 3.63) is 30.3 Å². The van der Waals surface area contributed by atoms with Crippen LogP contribution in [0.2, 0.25) is 0 Å². The lowest BCUT2D eigenvalue weighted by Gasteiger charge is -2.27. The third kappa shape index (κ3) is 2.84. The topological polar surface area (TPSA) is 38.5 Å². The van der Waals surface area contributed by atoms with Crippen molar-refractivity contribution in [1.29, 1.82) is 0 Å². The van der Waals surface area contributed by atoms with Crippen LogP contribution < -0.4 is 4.74 Å². The van der Waals surface area contributed by atoms with Gasteiger partial charge in [-0.25, -0.2) is 0 Å². The number of hydrogen-bond donors (Lipinski definition) is 0. The van der Waals surface area contributed by atoms with Gasteiger partial charge in [-0.2, -0.15) is 0 Å². The largest absolute Gasteiger partial charge is 0.490 e. The fourth-order valence-electron chi connectivity index (χ4n) is 3.40. The number of benzene rings is 1. The van der Waals surface area contributed by atoms with E-state index in [0.29, 0.717) is 6.61 Å². The van der Waals surface area contributed by atoms with Gasteiger partial charge in [0.25, 0.3) is 0 Å². The highest BCUT2D eigenvalue weighted by Gasteiger charge is 2.69. The van der Waals surface area contributed by atoms with E-state index in [-0.39, 0.29) is 23.7 Å². The van der Waals surface area contributed by atoms with E-state index in [9.17, 15) is 4.79 Å².